The van der Waals surface area contributed by atoms with Crippen LogP contribution in [-0.4, -0.2) is 65.2 Å². The minimum absolute atomic E-state index is 0.184. The molecule has 4 N–H and O–H groups in total. The smallest absolute Gasteiger partial charge is 0.242 e. The first-order valence-corrected chi connectivity index (χ1v) is 17.7. The number of hydrogen-bond acceptors (Lipinski definition) is 6. The van der Waals surface area contributed by atoms with Crippen molar-refractivity contribution in [3.63, 3.8) is 0 Å². The van der Waals surface area contributed by atoms with Crippen molar-refractivity contribution in [2.75, 3.05) is 0 Å². The Hall–Kier alpha value is -1.97. The molecule has 238 valence electrons. The van der Waals surface area contributed by atoms with Gasteiger partial charge in [0, 0.05) is 5.92 Å². The molecule has 0 radical (unpaired) electrons. The van der Waals surface area contributed by atoms with Gasteiger partial charge in [-0.05, 0) is 50.5 Å². The van der Waals surface area contributed by atoms with E-state index in [0.29, 0.717) is 31.6 Å². The minimum atomic E-state index is -3.56. The van der Waals surface area contributed by atoms with E-state index in [1.165, 1.54) is 6.42 Å². The molecular weight excluding hydrogens is 552 g/mol. The van der Waals surface area contributed by atoms with Gasteiger partial charge >= 0.3 is 0 Å². The summed E-state index contributed by atoms with van der Waals surface area (Å²) in [7, 11) is -3.56. The quantitative estimate of drug-likeness (QED) is 0.219. The Labute approximate surface area is 253 Å². The molecule has 0 aliphatic heterocycles. The standard InChI is InChI=1S/C33H54N2O6S/c1-6-7-18-25(32(38)35-26(20-23-14-10-8-11-15-23)30(37)27(36)19-21(2)3)34-33(39)29-28(24-16-12-9-13-17-24)31(29)42(40,41)22(4)5/h9,12-13,16-17,21-23,25-31,36-37H,6-8,10-11,14-15,18-20H2,1-5H3,(H,34,39)(H,35,38)/t25-,26-,27-,28+,29+,30+,31+/m0/s1. The zero-order chi connectivity index (χ0) is 31.0. The van der Waals surface area contributed by atoms with Gasteiger partial charge in [0.15, 0.2) is 9.84 Å². The zero-order valence-corrected chi connectivity index (χ0v) is 27.0. The van der Waals surface area contributed by atoms with E-state index in [2.05, 4.69) is 10.6 Å². The molecule has 2 fully saturated rings. The van der Waals surface area contributed by atoms with E-state index >= 15 is 0 Å². The Morgan fingerprint density at radius 1 is 0.976 bits per heavy atom. The number of nitrogens with one attached hydrogen (secondary N) is 2. The van der Waals surface area contributed by atoms with Crippen molar-refractivity contribution in [2.24, 2.45) is 17.8 Å². The van der Waals surface area contributed by atoms with Crippen LogP contribution in [0.1, 0.15) is 110 Å². The first kappa shape index (κ1) is 34.5. The average molecular weight is 607 g/mol. The predicted molar refractivity (Wildman–Crippen MR) is 167 cm³/mol. The number of rotatable bonds is 16. The van der Waals surface area contributed by atoms with Crippen LogP contribution in [0.2, 0.25) is 0 Å². The Balaban J connectivity index is 1.79. The number of aliphatic hydroxyl groups is 2. The fourth-order valence-electron chi connectivity index (χ4n) is 6.58. The summed E-state index contributed by atoms with van der Waals surface area (Å²) in [6.07, 6.45) is 6.32. The Bertz CT molecular complexity index is 1100. The molecule has 1 aromatic rings. The Kier molecular flexibility index (Phi) is 12.9. The highest BCUT2D eigenvalue weighted by molar-refractivity contribution is 7.93. The van der Waals surface area contributed by atoms with Crippen LogP contribution in [0.5, 0.6) is 0 Å². The molecule has 7 atom stereocenters. The SMILES string of the molecule is CCCC[C@H](NC(=O)[C@@H]1[C@@H](c2ccccc2)[C@H]1S(=O)(=O)C(C)C)C(=O)N[C@@H](CC1CCCCC1)[C@@H](O)[C@@H](O)CC(C)C. The molecule has 8 nitrogen and oxygen atoms in total. The van der Waals surface area contributed by atoms with Crippen LogP contribution < -0.4 is 10.6 Å². The molecule has 0 heterocycles. The third-order valence-corrected chi connectivity index (χ3v) is 11.8. The molecule has 0 bridgehead atoms. The van der Waals surface area contributed by atoms with Crippen molar-refractivity contribution < 1.29 is 28.2 Å². The Morgan fingerprint density at radius 2 is 1.62 bits per heavy atom. The monoisotopic (exact) mass is 606 g/mol. The van der Waals surface area contributed by atoms with Crippen molar-refractivity contribution in [1.29, 1.82) is 0 Å². The van der Waals surface area contributed by atoms with Gasteiger partial charge < -0.3 is 20.8 Å². The van der Waals surface area contributed by atoms with Crippen LogP contribution >= 0.6 is 0 Å². The molecule has 2 amide bonds. The van der Waals surface area contributed by atoms with Gasteiger partial charge in [-0.15, -0.1) is 0 Å². The van der Waals surface area contributed by atoms with Crippen LogP contribution in [0.3, 0.4) is 0 Å². The van der Waals surface area contributed by atoms with Crippen LogP contribution in [0, 0.1) is 17.8 Å². The van der Waals surface area contributed by atoms with Gasteiger partial charge in [0.25, 0.3) is 0 Å². The molecule has 2 saturated carbocycles. The maximum Gasteiger partial charge on any atom is 0.242 e. The van der Waals surface area contributed by atoms with Gasteiger partial charge in [-0.3, -0.25) is 9.59 Å². The molecule has 0 saturated heterocycles. The molecule has 2 aliphatic rings. The highest BCUT2D eigenvalue weighted by Crippen LogP contribution is 2.53. The second kappa shape index (κ2) is 15.7. The number of amides is 2. The number of carbonyl (C=O) groups is 2. The summed E-state index contributed by atoms with van der Waals surface area (Å²) in [5, 5.41) is 26.4. The van der Waals surface area contributed by atoms with E-state index in [0.717, 1.165) is 37.7 Å². The second-order valence-corrected chi connectivity index (χ2v) is 16.0. The lowest BCUT2D eigenvalue weighted by Gasteiger charge is -2.33. The van der Waals surface area contributed by atoms with E-state index in [9.17, 15) is 28.2 Å². The summed E-state index contributed by atoms with van der Waals surface area (Å²) >= 11 is 0. The van der Waals surface area contributed by atoms with E-state index < -0.39 is 68.3 Å². The molecule has 0 aromatic heterocycles. The van der Waals surface area contributed by atoms with Crippen LogP contribution in [0.15, 0.2) is 30.3 Å². The van der Waals surface area contributed by atoms with Crippen molar-refractivity contribution in [3.8, 4) is 0 Å². The van der Waals surface area contributed by atoms with Gasteiger partial charge in [-0.1, -0.05) is 96.0 Å². The zero-order valence-electron chi connectivity index (χ0n) is 26.2. The average Bonchev–Trinajstić information content (AvgIpc) is 3.72. The van der Waals surface area contributed by atoms with Crippen molar-refractivity contribution in [3.05, 3.63) is 35.9 Å². The van der Waals surface area contributed by atoms with E-state index in [-0.39, 0.29) is 5.92 Å². The summed E-state index contributed by atoms with van der Waals surface area (Å²) in [5.41, 5.74) is 0.802. The molecule has 0 spiro atoms. The van der Waals surface area contributed by atoms with E-state index in [1.807, 2.05) is 51.1 Å². The van der Waals surface area contributed by atoms with Gasteiger partial charge in [-0.25, -0.2) is 8.42 Å². The maximum absolute atomic E-state index is 13.7. The number of aliphatic hydroxyl groups excluding tert-OH is 2. The van der Waals surface area contributed by atoms with Crippen LogP contribution in [0.25, 0.3) is 0 Å². The van der Waals surface area contributed by atoms with Gasteiger partial charge in [-0.2, -0.15) is 0 Å². The minimum Gasteiger partial charge on any atom is -0.390 e. The largest absolute Gasteiger partial charge is 0.390 e. The summed E-state index contributed by atoms with van der Waals surface area (Å²) in [6.45, 7) is 9.23. The van der Waals surface area contributed by atoms with E-state index in [4.69, 9.17) is 0 Å². The molecule has 0 unspecified atom stereocenters. The van der Waals surface area contributed by atoms with Gasteiger partial charge in [0.2, 0.25) is 11.8 Å². The maximum atomic E-state index is 13.7. The molecule has 42 heavy (non-hydrogen) atoms. The van der Waals surface area contributed by atoms with Crippen LogP contribution in [0.4, 0.5) is 0 Å². The first-order chi connectivity index (χ1) is 19.9. The lowest BCUT2D eigenvalue weighted by atomic mass is 9.82. The van der Waals surface area contributed by atoms with Crippen molar-refractivity contribution in [1.82, 2.24) is 10.6 Å². The second-order valence-electron chi connectivity index (χ2n) is 13.3. The number of unbranched alkanes of at least 4 members (excludes halogenated alkanes) is 1. The topological polar surface area (TPSA) is 133 Å². The predicted octanol–water partition coefficient (Wildman–Crippen LogP) is 4.49. The highest BCUT2D eigenvalue weighted by atomic mass is 32.2. The molecule has 2 aliphatic carbocycles. The van der Waals surface area contributed by atoms with Crippen molar-refractivity contribution >= 4 is 21.7 Å². The third kappa shape index (κ3) is 9.02. The summed E-state index contributed by atoms with van der Waals surface area (Å²) in [4.78, 5) is 27.4. The molecular formula is C33H54N2O6S. The summed E-state index contributed by atoms with van der Waals surface area (Å²) in [6, 6.07) is 7.73. The third-order valence-electron chi connectivity index (χ3n) is 9.12. The Morgan fingerprint density at radius 3 is 2.19 bits per heavy atom. The lowest BCUT2D eigenvalue weighted by Crippen LogP contribution is -2.55. The fraction of sp³-hybridized carbons (Fsp3) is 0.758. The normalized spacial score (nSPS) is 24.2. The molecule has 1 aromatic carbocycles. The first-order valence-electron chi connectivity index (χ1n) is 16.1. The highest BCUT2D eigenvalue weighted by Gasteiger charge is 2.63. The van der Waals surface area contributed by atoms with Gasteiger partial charge in [0.05, 0.1) is 28.6 Å². The lowest BCUT2D eigenvalue weighted by molar-refractivity contribution is -0.131. The number of carbonyl (C=O) groups excluding carboxylic acids is 2. The number of sulfone groups is 1. The summed E-state index contributed by atoms with van der Waals surface area (Å²) in [5.74, 6) is -1.52. The fourth-order valence-corrected chi connectivity index (χ4v) is 8.55. The molecule has 9 heteroatoms. The number of hydrogen-bond donors (Lipinski definition) is 4. The van der Waals surface area contributed by atoms with Gasteiger partial charge in [0.1, 0.15) is 12.1 Å². The number of benzene rings is 1. The van der Waals surface area contributed by atoms with Crippen molar-refractivity contribution in [2.45, 2.75) is 140 Å². The van der Waals surface area contributed by atoms with E-state index in [1.54, 1.807) is 13.8 Å². The summed E-state index contributed by atoms with van der Waals surface area (Å²) < 4.78 is 26.4. The van der Waals surface area contributed by atoms with Crippen LogP contribution in [-0.2, 0) is 19.4 Å². The molecule has 3 rings (SSSR count).